The molecule has 0 radical (unpaired) electrons. The van der Waals surface area contributed by atoms with Crippen molar-refractivity contribution in [1.82, 2.24) is 20.0 Å². The highest BCUT2D eigenvalue weighted by atomic mass is 16.2. The minimum absolute atomic E-state index is 0.00678. The molecule has 0 atom stereocenters. The summed E-state index contributed by atoms with van der Waals surface area (Å²) in [6.45, 7) is 4.04. The van der Waals surface area contributed by atoms with E-state index in [1.807, 2.05) is 53.4 Å². The van der Waals surface area contributed by atoms with Gasteiger partial charge in [-0.1, -0.05) is 30.3 Å². The van der Waals surface area contributed by atoms with Crippen molar-refractivity contribution in [2.24, 2.45) is 0 Å². The second kappa shape index (κ2) is 7.60. The maximum absolute atomic E-state index is 13.0. The van der Waals surface area contributed by atoms with Crippen LogP contribution in [0, 0.1) is 11.3 Å². The summed E-state index contributed by atoms with van der Waals surface area (Å²) in [4.78, 5) is 17.2. The summed E-state index contributed by atoms with van der Waals surface area (Å²) in [6, 6.07) is 17.6. The lowest BCUT2D eigenvalue weighted by Gasteiger charge is -2.21. The van der Waals surface area contributed by atoms with Gasteiger partial charge in [-0.15, -0.1) is 0 Å². The lowest BCUT2D eigenvalue weighted by atomic mass is 10.1. The van der Waals surface area contributed by atoms with Crippen molar-refractivity contribution in [1.29, 1.82) is 5.26 Å². The number of hydrogen-bond acceptors (Lipinski definition) is 4. The second-order valence-electron chi connectivity index (χ2n) is 6.85. The maximum Gasteiger partial charge on any atom is 0.275 e. The maximum atomic E-state index is 13.0. The SMILES string of the molecule is N#Cc1ccc(CN2CCCN(C(=O)c3n[nH]c4ccccc34)CC2)cc1. The first-order valence-electron chi connectivity index (χ1n) is 9.18. The van der Waals surface area contributed by atoms with Gasteiger partial charge in [0, 0.05) is 38.1 Å². The van der Waals surface area contributed by atoms with E-state index in [2.05, 4.69) is 21.2 Å². The average molecular weight is 359 g/mol. The van der Waals surface area contributed by atoms with Crippen LogP contribution in [0.2, 0.25) is 0 Å². The number of rotatable bonds is 3. The van der Waals surface area contributed by atoms with E-state index < -0.39 is 0 Å². The molecule has 3 aromatic rings. The van der Waals surface area contributed by atoms with Gasteiger partial charge in [0.15, 0.2) is 5.69 Å². The summed E-state index contributed by atoms with van der Waals surface area (Å²) >= 11 is 0. The summed E-state index contributed by atoms with van der Waals surface area (Å²) in [7, 11) is 0. The third-order valence-corrected chi connectivity index (χ3v) is 5.04. The molecule has 1 amide bonds. The molecule has 6 heteroatoms. The van der Waals surface area contributed by atoms with Crippen LogP contribution in [-0.4, -0.2) is 52.1 Å². The predicted octanol–water partition coefficient (Wildman–Crippen LogP) is 2.78. The molecule has 1 fully saturated rings. The predicted molar refractivity (Wildman–Crippen MR) is 103 cm³/mol. The summed E-state index contributed by atoms with van der Waals surface area (Å²) in [6.07, 6.45) is 0.935. The number of aromatic nitrogens is 2. The summed E-state index contributed by atoms with van der Waals surface area (Å²) in [5, 5.41) is 17.0. The Labute approximate surface area is 158 Å². The number of carbonyl (C=O) groups excluding carboxylic acids is 1. The third-order valence-electron chi connectivity index (χ3n) is 5.04. The minimum Gasteiger partial charge on any atom is -0.336 e. The first-order chi connectivity index (χ1) is 13.2. The summed E-state index contributed by atoms with van der Waals surface area (Å²) < 4.78 is 0. The van der Waals surface area contributed by atoms with Crippen molar-refractivity contribution in [2.45, 2.75) is 13.0 Å². The van der Waals surface area contributed by atoms with Crippen molar-refractivity contribution in [2.75, 3.05) is 26.2 Å². The molecule has 1 aliphatic rings. The molecule has 0 bridgehead atoms. The Morgan fingerprint density at radius 1 is 1.07 bits per heavy atom. The molecule has 0 spiro atoms. The number of fused-ring (bicyclic) bond motifs is 1. The third kappa shape index (κ3) is 3.69. The number of benzene rings is 2. The van der Waals surface area contributed by atoms with Crippen molar-refractivity contribution < 1.29 is 4.79 Å². The van der Waals surface area contributed by atoms with Crippen LogP contribution in [-0.2, 0) is 6.54 Å². The monoisotopic (exact) mass is 359 g/mol. The number of aromatic amines is 1. The van der Waals surface area contributed by atoms with Crippen molar-refractivity contribution >= 4 is 16.8 Å². The van der Waals surface area contributed by atoms with Gasteiger partial charge in [0.2, 0.25) is 0 Å². The molecular weight excluding hydrogens is 338 g/mol. The fraction of sp³-hybridized carbons (Fsp3) is 0.286. The molecule has 1 saturated heterocycles. The van der Waals surface area contributed by atoms with Gasteiger partial charge in [-0.05, 0) is 30.2 Å². The largest absolute Gasteiger partial charge is 0.336 e. The number of amides is 1. The van der Waals surface area contributed by atoms with Gasteiger partial charge in [0.1, 0.15) is 0 Å². The van der Waals surface area contributed by atoms with Crippen LogP contribution in [0.15, 0.2) is 48.5 Å². The smallest absolute Gasteiger partial charge is 0.275 e. The van der Waals surface area contributed by atoms with Gasteiger partial charge in [-0.2, -0.15) is 10.4 Å². The molecule has 1 aliphatic heterocycles. The number of nitrogens with one attached hydrogen (secondary N) is 1. The van der Waals surface area contributed by atoms with Crippen molar-refractivity contribution in [3.8, 4) is 6.07 Å². The van der Waals surface area contributed by atoms with E-state index in [1.165, 1.54) is 5.56 Å². The molecule has 0 aliphatic carbocycles. The summed E-state index contributed by atoms with van der Waals surface area (Å²) in [5.74, 6) is -0.00678. The molecular formula is C21H21N5O. The normalized spacial score (nSPS) is 15.4. The number of H-pyrrole nitrogens is 1. The van der Waals surface area contributed by atoms with Crippen molar-refractivity contribution in [3.63, 3.8) is 0 Å². The van der Waals surface area contributed by atoms with Gasteiger partial charge < -0.3 is 4.90 Å². The highest BCUT2D eigenvalue weighted by Crippen LogP contribution is 2.18. The lowest BCUT2D eigenvalue weighted by Crippen LogP contribution is -2.35. The Morgan fingerprint density at radius 3 is 2.70 bits per heavy atom. The van der Waals surface area contributed by atoms with Crippen molar-refractivity contribution in [3.05, 3.63) is 65.4 Å². The summed E-state index contributed by atoms with van der Waals surface area (Å²) in [5.41, 5.74) is 3.26. The van der Waals surface area contributed by atoms with E-state index in [0.29, 0.717) is 17.8 Å². The molecule has 4 rings (SSSR count). The molecule has 27 heavy (non-hydrogen) atoms. The van der Waals surface area contributed by atoms with E-state index >= 15 is 0 Å². The van der Waals surface area contributed by atoms with Crippen LogP contribution >= 0.6 is 0 Å². The van der Waals surface area contributed by atoms with Gasteiger partial charge in [0.05, 0.1) is 17.1 Å². The highest BCUT2D eigenvalue weighted by molar-refractivity contribution is 6.04. The number of nitriles is 1. The molecule has 0 saturated carbocycles. The molecule has 136 valence electrons. The molecule has 2 aromatic carbocycles. The first-order valence-corrected chi connectivity index (χ1v) is 9.18. The topological polar surface area (TPSA) is 76.0 Å². The number of hydrogen-bond donors (Lipinski definition) is 1. The Morgan fingerprint density at radius 2 is 1.89 bits per heavy atom. The Bertz CT molecular complexity index is 986. The van der Waals surface area contributed by atoms with E-state index in [0.717, 1.165) is 43.5 Å². The Balaban J connectivity index is 1.42. The molecule has 2 heterocycles. The first kappa shape index (κ1) is 17.3. The van der Waals surface area contributed by atoms with Crippen LogP contribution in [0.5, 0.6) is 0 Å². The number of carbonyl (C=O) groups is 1. The van der Waals surface area contributed by atoms with E-state index in [1.54, 1.807) is 0 Å². The average Bonchev–Trinajstić information content (AvgIpc) is 3.00. The van der Waals surface area contributed by atoms with E-state index in [4.69, 9.17) is 5.26 Å². The second-order valence-corrected chi connectivity index (χ2v) is 6.85. The standard InChI is InChI=1S/C21H21N5O/c22-14-16-6-8-17(9-7-16)15-25-10-3-11-26(13-12-25)21(27)20-18-4-1-2-5-19(18)23-24-20/h1-2,4-9H,3,10-13,15H2,(H,23,24). The Hall–Kier alpha value is -3.17. The molecule has 6 nitrogen and oxygen atoms in total. The zero-order valence-corrected chi connectivity index (χ0v) is 15.1. The van der Waals surface area contributed by atoms with Crippen LogP contribution in [0.1, 0.15) is 28.0 Å². The van der Waals surface area contributed by atoms with Crippen LogP contribution in [0.3, 0.4) is 0 Å². The molecule has 1 N–H and O–H groups in total. The lowest BCUT2D eigenvalue weighted by molar-refractivity contribution is 0.0757. The number of nitrogens with zero attached hydrogens (tertiary/aromatic N) is 4. The van der Waals surface area contributed by atoms with Gasteiger partial charge in [-0.3, -0.25) is 14.8 Å². The number of para-hydroxylation sites is 1. The fourth-order valence-corrected chi connectivity index (χ4v) is 3.55. The fourth-order valence-electron chi connectivity index (χ4n) is 3.55. The van der Waals surface area contributed by atoms with E-state index in [-0.39, 0.29) is 5.91 Å². The highest BCUT2D eigenvalue weighted by Gasteiger charge is 2.23. The van der Waals surface area contributed by atoms with Gasteiger partial charge in [-0.25, -0.2) is 0 Å². The minimum atomic E-state index is -0.00678. The van der Waals surface area contributed by atoms with Crippen LogP contribution in [0.4, 0.5) is 0 Å². The Kier molecular flexibility index (Phi) is 4.86. The zero-order chi connectivity index (χ0) is 18.6. The quantitative estimate of drug-likeness (QED) is 0.780. The molecule has 1 aromatic heterocycles. The zero-order valence-electron chi connectivity index (χ0n) is 15.1. The van der Waals surface area contributed by atoms with Gasteiger partial charge in [0.25, 0.3) is 5.91 Å². The van der Waals surface area contributed by atoms with Crippen LogP contribution < -0.4 is 0 Å². The molecule has 0 unspecified atom stereocenters. The van der Waals surface area contributed by atoms with Crippen LogP contribution in [0.25, 0.3) is 10.9 Å². The van der Waals surface area contributed by atoms with E-state index in [9.17, 15) is 4.79 Å². The van der Waals surface area contributed by atoms with Gasteiger partial charge >= 0.3 is 0 Å².